The average Bonchev–Trinajstić information content (AvgIpc) is 0.806. The first kappa shape index (κ1) is 103. The number of carbonyl (C=O) groups is 8. The number of nitrogens with two attached hydrogens (primary N) is 1. The van der Waals surface area contributed by atoms with Crippen molar-refractivity contribution in [1.29, 1.82) is 0 Å². The highest BCUT2D eigenvalue weighted by molar-refractivity contribution is 9.11. The highest BCUT2D eigenvalue weighted by Gasteiger charge is 2.32. The van der Waals surface area contributed by atoms with Gasteiger partial charge in [0.05, 0.1) is 84.3 Å². The zero-order valence-corrected chi connectivity index (χ0v) is 79.8. The van der Waals surface area contributed by atoms with Gasteiger partial charge in [-0.15, -0.1) is 0 Å². The monoisotopic (exact) mass is 2000 g/mol. The van der Waals surface area contributed by atoms with Crippen molar-refractivity contribution in [2.24, 2.45) is 0 Å². The van der Waals surface area contributed by atoms with Crippen LogP contribution in [0, 0.1) is 11.6 Å². The van der Waals surface area contributed by atoms with E-state index in [4.69, 9.17) is 26.8 Å². The van der Waals surface area contributed by atoms with Gasteiger partial charge in [0.1, 0.15) is 11.6 Å². The summed E-state index contributed by atoms with van der Waals surface area (Å²) in [5, 5.41) is 15.7. The van der Waals surface area contributed by atoms with Crippen molar-refractivity contribution in [3.8, 4) is 0 Å². The molecule has 0 heterocycles. The number of methoxy groups -OCH3 is 3. The normalized spacial score (nSPS) is 10.5. The first-order chi connectivity index (χ1) is 64.2. The molecule has 0 radical (unpaired) electrons. The molecule has 0 bridgehead atoms. The van der Waals surface area contributed by atoms with Crippen molar-refractivity contribution >= 4 is 135 Å². The van der Waals surface area contributed by atoms with E-state index in [0.717, 1.165) is 101 Å². The van der Waals surface area contributed by atoms with Gasteiger partial charge in [0.25, 0.3) is 0 Å². The van der Waals surface area contributed by atoms with Gasteiger partial charge in [0.15, 0.2) is 0 Å². The number of carboxylic acid groups (broad SMARTS) is 1. The molecule has 0 aliphatic rings. The number of nitrogen functional groups attached to an aromatic ring is 1. The minimum absolute atomic E-state index is 0.0589. The van der Waals surface area contributed by atoms with Crippen LogP contribution in [0.25, 0.3) is 0 Å². The Kier molecular flexibility index (Phi) is 41.4. The number of rotatable bonds is 28. The van der Waals surface area contributed by atoms with E-state index in [-0.39, 0.29) is 46.1 Å². The minimum Gasteiger partial charge on any atom is -0.478 e. The Labute approximate surface area is 805 Å². The maximum absolute atomic E-state index is 13.8. The van der Waals surface area contributed by atoms with Crippen molar-refractivity contribution < 1.29 is 66.5 Å². The van der Waals surface area contributed by atoms with Gasteiger partial charge in [-0.05, 0) is 204 Å². The molecule has 0 aromatic heterocycles. The third kappa shape index (κ3) is 30.9. The fourth-order valence-corrected chi connectivity index (χ4v) is 15.7. The maximum Gasteiger partial charge on any atom is 0.340 e. The maximum atomic E-state index is 13.8. The molecule has 0 unspecified atom stereocenters. The number of halogens is 6. The minimum atomic E-state index is -1.10. The molecule has 14 aromatic rings. The Morgan fingerprint density at radius 2 is 0.699 bits per heavy atom. The van der Waals surface area contributed by atoms with Gasteiger partial charge >= 0.3 is 23.9 Å². The lowest BCUT2D eigenvalue weighted by Crippen LogP contribution is -2.33. The lowest BCUT2D eigenvalue weighted by Gasteiger charge is -2.27. The summed E-state index contributed by atoms with van der Waals surface area (Å²) in [5.41, 5.74) is 18.3. The third-order valence-electron chi connectivity index (χ3n) is 21.2. The van der Waals surface area contributed by atoms with Gasteiger partial charge in [0.2, 0.25) is 23.0 Å². The Morgan fingerprint density at radius 3 is 1.07 bits per heavy atom. The summed E-state index contributed by atoms with van der Waals surface area (Å²) in [5.74, 6) is -5.44. The second-order valence-corrected chi connectivity index (χ2v) is 33.3. The standard InChI is InChI=1S/C32H31FN2O3.C23H20BrNO3.C22H18BrNO3.C14H11ClO.C10H14FN.C8H8BrNO2/c1-34(21-9-10-23-15-17-26(33)18-16-23)27-19-20-29(28(22-27)32(37)38)35(2)31(36)30(24-11-5-3-6-12-24)25-13-7-4-8-14-25;1-25(20-14-13-18(24)15-19(20)23(27)28-2)22(26)21(16-9-5-3-6-10-16)17-11-7-4-8-12-17;1-27-22(26)18-14-17(23)12-13-19(18)24-21(25)20(15-8-4-2-5-9-15)16-10-6-3-7-11-16;15-14(16)13(11-7-3-1-4-8-11)12-9-5-2-6-10-12;1-12-8-2-3-9-4-6-10(11)7-5-9;1-12-8(11)6-4-5(9)2-3-7(6)10/h3-8,11-20,22,30H,9-10,21H2,1-2H3,(H,37,38);3-15,21H,1-2H3;2-14,20H,1H3,(H,24,25);1-10,13H;4-7,12H,2-3,8H2,1H3;2-4H,10H2,1H3. The Balaban J connectivity index is 0.000000188. The second kappa shape index (κ2) is 53.5. The topological polar surface area (TPSA) is 244 Å². The fraction of sp³-hybridized carbons (Fsp3) is 0.156. The number of likely N-dealkylation sites (N-methyl/N-ethyl adjacent to an activating group) is 2. The van der Waals surface area contributed by atoms with Crippen LogP contribution in [0.4, 0.5) is 37.2 Å². The van der Waals surface area contributed by atoms with Gasteiger partial charge in [0, 0.05) is 52.5 Å². The SMILES string of the molecule is CN(CCCc1ccc(F)cc1)c1ccc(N(C)C(=O)C(c2ccccc2)c2ccccc2)c(C(=O)O)c1.CNCCCc1ccc(F)cc1.COC(=O)c1cc(Br)ccc1N.COC(=O)c1cc(Br)ccc1N(C)C(=O)C(c1ccccc1)c1ccccc1.COC(=O)c1cc(Br)ccc1NC(=O)C(c1ccccc1)c1ccccc1.O=C(Cl)C(c1ccccc1)c1ccccc1. The van der Waals surface area contributed by atoms with Gasteiger partial charge in [-0.3, -0.25) is 19.2 Å². The van der Waals surface area contributed by atoms with E-state index < -0.39 is 41.6 Å². The molecule has 0 atom stereocenters. The number of carboxylic acids is 1. The molecule has 0 aliphatic carbocycles. The number of esters is 3. The molecular weight excluding hydrogens is 1900 g/mol. The average molecular weight is 2000 g/mol. The number of amides is 3. The smallest absolute Gasteiger partial charge is 0.340 e. The van der Waals surface area contributed by atoms with Gasteiger partial charge in [-0.2, -0.15) is 0 Å². The summed E-state index contributed by atoms with van der Waals surface area (Å²) in [6.45, 7) is 1.70. The van der Waals surface area contributed by atoms with Crippen LogP contribution in [0.1, 0.15) is 134 Å². The zero-order valence-electron chi connectivity index (χ0n) is 74.3. The number of nitrogens with zero attached hydrogens (tertiary/aromatic N) is 3. The van der Waals surface area contributed by atoms with E-state index in [9.17, 15) is 52.2 Å². The molecular formula is C109H102Br3ClF2N6O12. The van der Waals surface area contributed by atoms with E-state index in [2.05, 4.69) is 63.2 Å². The lowest BCUT2D eigenvalue weighted by molar-refractivity contribution is -0.119. The Hall–Kier alpha value is -13.8. The van der Waals surface area contributed by atoms with Crippen LogP contribution in [-0.4, -0.2) is 115 Å². The molecule has 14 rings (SSSR count). The van der Waals surface area contributed by atoms with Crippen LogP contribution in [0.15, 0.2) is 377 Å². The van der Waals surface area contributed by atoms with E-state index in [1.54, 1.807) is 93.0 Å². The molecule has 18 nitrogen and oxygen atoms in total. The van der Waals surface area contributed by atoms with Gasteiger partial charge in [-0.1, -0.05) is 315 Å². The summed E-state index contributed by atoms with van der Waals surface area (Å²) in [6, 6.07) is 110. The number of aromatic carboxylic acids is 1. The molecule has 0 spiro atoms. The molecule has 0 saturated carbocycles. The summed E-state index contributed by atoms with van der Waals surface area (Å²) >= 11 is 15.6. The van der Waals surface area contributed by atoms with Gasteiger partial charge in [-0.25, -0.2) is 28.0 Å². The number of nitrogens with one attached hydrogen (secondary N) is 2. The summed E-state index contributed by atoms with van der Waals surface area (Å²) < 4.78 is 42.1. The van der Waals surface area contributed by atoms with E-state index >= 15 is 0 Å². The van der Waals surface area contributed by atoms with Crippen molar-refractivity contribution in [2.45, 2.75) is 49.4 Å². The molecule has 0 saturated heterocycles. The summed E-state index contributed by atoms with van der Waals surface area (Å²) in [4.78, 5) is 105. The molecule has 682 valence electrons. The third-order valence-corrected chi connectivity index (χ3v) is 22.9. The number of hydrogen-bond acceptors (Lipinski definition) is 14. The van der Waals surface area contributed by atoms with Crippen LogP contribution in [0.5, 0.6) is 0 Å². The van der Waals surface area contributed by atoms with Crippen molar-refractivity contribution in [3.05, 3.63) is 467 Å². The number of aryl methyl sites for hydroxylation is 2. The molecule has 14 aromatic carbocycles. The molecule has 0 fully saturated rings. The Bertz CT molecular complexity index is 5940. The molecule has 0 aliphatic heterocycles. The molecule has 133 heavy (non-hydrogen) atoms. The van der Waals surface area contributed by atoms with Crippen LogP contribution >= 0.6 is 59.4 Å². The fourth-order valence-electron chi connectivity index (χ4n) is 14.3. The van der Waals surface area contributed by atoms with Crippen molar-refractivity contribution in [3.63, 3.8) is 0 Å². The predicted octanol–water partition coefficient (Wildman–Crippen LogP) is 23.8. The highest BCUT2D eigenvalue weighted by atomic mass is 79.9. The van der Waals surface area contributed by atoms with E-state index in [1.807, 2.05) is 280 Å². The van der Waals surface area contributed by atoms with E-state index in [0.29, 0.717) is 46.0 Å². The van der Waals surface area contributed by atoms with Gasteiger partial charge < -0.3 is 50.4 Å². The number of anilines is 5. The van der Waals surface area contributed by atoms with Crippen molar-refractivity contribution in [1.82, 2.24) is 5.32 Å². The number of benzene rings is 14. The first-order valence-corrected chi connectivity index (χ1v) is 45.1. The van der Waals surface area contributed by atoms with Crippen LogP contribution in [0.2, 0.25) is 0 Å². The number of carbonyl (C=O) groups excluding carboxylic acids is 7. The van der Waals surface area contributed by atoms with Crippen LogP contribution in [0.3, 0.4) is 0 Å². The summed E-state index contributed by atoms with van der Waals surface area (Å²) in [7, 11) is 11.1. The number of hydrogen-bond donors (Lipinski definition) is 4. The largest absolute Gasteiger partial charge is 0.478 e. The molecule has 24 heteroatoms. The second-order valence-electron chi connectivity index (χ2n) is 30.2. The first-order valence-electron chi connectivity index (χ1n) is 42.3. The van der Waals surface area contributed by atoms with Crippen LogP contribution < -0.4 is 31.1 Å². The van der Waals surface area contributed by atoms with Crippen molar-refractivity contribution in [2.75, 3.05) is 88.4 Å². The number of ether oxygens (including phenoxy) is 3. The van der Waals surface area contributed by atoms with Crippen LogP contribution in [-0.2, 0) is 46.2 Å². The highest BCUT2D eigenvalue weighted by Crippen LogP contribution is 2.36. The summed E-state index contributed by atoms with van der Waals surface area (Å²) in [6.07, 6.45) is 3.72. The molecule has 5 N–H and O–H groups in total. The quantitative estimate of drug-likeness (QED) is 0.0117. The Morgan fingerprint density at radius 1 is 0.383 bits per heavy atom. The molecule has 3 amide bonds. The zero-order chi connectivity index (χ0) is 95.7. The van der Waals surface area contributed by atoms with E-state index in [1.165, 1.54) is 61.0 Å². The lowest BCUT2D eigenvalue weighted by atomic mass is 9.90. The predicted molar refractivity (Wildman–Crippen MR) is 536 cm³/mol.